The number of ether oxygens (including phenoxy) is 1. The lowest BCUT2D eigenvalue weighted by molar-refractivity contribution is 0.0372. The molecule has 0 aliphatic carbocycles. The number of aromatic nitrogens is 2. The number of hydrogen-bond acceptors (Lipinski definition) is 6. The van der Waals surface area contributed by atoms with E-state index in [9.17, 15) is 0 Å². The van der Waals surface area contributed by atoms with Crippen LogP contribution in [0.1, 0.15) is 54.9 Å². The van der Waals surface area contributed by atoms with Crippen LogP contribution < -0.4 is 0 Å². The average Bonchev–Trinajstić information content (AvgIpc) is 3.46. The van der Waals surface area contributed by atoms with Gasteiger partial charge in [0.05, 0.1) is 13.2 Å². The van der Waals surface area contributed by atoms with Gasteiger partial charge in [0.25, 0.3) is 0 Å². The van der Waals surface area contributed by atoms with E-state index >= 15 is 0 Å². The van der Waals surface area contributed by atoms with Gasteiger partial charge in [0.1, 0.15) is 0 Å². The number of nitrogens with zero attached hydrogens (tertiary/aromatic N) is 4. The second-order valence-corrected chi connectivity index (χ2v) is 8.32. The van der Waals surface area contributed by atoms with E-state index in [0.717, 1.165) is 63.8 Å². The van der Waals surface area contributed by atoms with Crippen molar-refractivity contribution in [2.45, 2.75) is 50.1 Å². The van der Waals surface area contributed by atoms with Crippen molar-refractivity contribution in [3.63, 3.8) is 0 Å². The van der Waals surface area contributed by atoms with Gasteiger partial charge in [-0.3, -0.25) is 9.80 Å². The van der Waals surface area contributed by atoms with Gasteiger partial charge < -0.3 is 9.26 Å². The largest absolute Gasteiger partial charge is 0.379 e. The van der Waals surface area contributed by atoms with Crippen LogP contribution in [0.4, 0.5) is 0 Å². The van der Waals surface area contributed by atoms with E-state index in [1.165, 1.54) is 24.9 Å². The average molecular weight is 383 g/mol. The summed E-state index contributed by atoms with van der Waals surface area (Å²) in [6.45, 7) is 6.05. The molecule has 6 nitrogen and oxygen atoms in total. The summed E-state index contributed by atoms with van der Waals surface area (Å²) in [5, 5.41) is 4.41. The van der Waals surface area contributed by atoms with Crippen LogP contribution in [0, 0.1) is 0 Å². The van der Waals surface area contributed by atoms with E-state index in [-0.39, 0.29) is 0 Å². The summed E-state index contributed by atoms with van der Waals surface area (Å²) in [5.41, 5.74) is 1.42. The molecule has 150 valence electrons. The van der Waals surface area contributed by atoms with Crippen LogP contribution >= 0.6 is 0 Å². The zero-order chi connectivity index (χ0) is 18.8. The first kappa shape index (κ1) is 18.3. The molecule has 1 aromatic heterocycles. The highest BCUT2D eigenvalue weighted by Crippen LogP contribution is 2.48. The third-order valence-corrected chi connectivity index (χ3v) is 6.65. The standard InChI is InChI=1S/C22H30N4O2/c1-2-6-17(7-3-1)20-16-18(19-8-4-11-26(19)20)22-23-21(28-24-22)9-5-10-25-12-14-27-15-13-25/h1-3,6-7,18-20H,4-5,8-16H2/t18-,19+,20-/m0/s1. The lowest BCUT2D eigenvalue weighted by Gasteiger charge is -2.26. The topological polar surface area (TPSA) is 54.6 Å². The third-order valence-electron chi connectivity index (χ3n) is 6.65. The molecule has 5 rings (SSSR count). The molecule has 3 aliphatic rings. The Kier molecular flexibility index (Phi) is 5.43. The van der Waals surface area contributed by atoms with Crippen molar-refractivity contribution in [3.05, 3.63) is 47.6 Å². The van der Waals surface area contributed by atoms with Gasteiger partial charge in [-0.1, -0.05) is 35.5 Å². The molecule has 3 aliphatic heterocycles. The maximum atomic E-state index is 5.63. The van der Waals surface area contributed by atoms with Gasteiger partial charge in [0.2, 0.25) is 5.89 Å². The van der Waals surface area contributed by atoms with Gasteiger partial charge in [0, 0.05) is 37.5 Å². The Morgan fingerprint density at radius 2 is 1.93 bits per heavy atom. The minimum Gasteiger partial charge on any atom is -0.379 e. The van der Waals surface area contributed by atoms with Crippen LogP contribution in [0.5, 0.6) is 0 Å². The molecule has 3 fully saturated rings. The van der Waals surface area contributed by atoms with Crippen molar-refractivity contribution >= 4 is 0 Å². The number of rotatable bonds is 6. The van der Waals surface area contributed by atoms with E-state index in [0.29, 0.717) is 18.0 Å². The van der Waals surface area contributed by atoms with E-state index < -0.39 is 0 Å². The Bertz CT molecular complexity index is 759. The molecule has 0 amide bonds. The maximum absolute atomic E-state index is 5.63. The van der Waals surface area contributed by atoms with Crippen molar-refractivity contribution in [1.82, 2.24) is 19.9 Å². The number of hydrogen-bond donors (Lipinski definition) is 0. The minimum atomic E-state index is 0.393. The molecule has 0 N–H and O–H groups in total. The van der Waals surface area contributed by atoms with Crippen molar-refractivity contribution in [3.8, 4) is 0 Å². The lowest BCUT2D eigenvalue weighted by Crippen LogP contribution is -2.36. The fourth-order valence-electron chi connectivity index (χ4n) is 5.25. The predicted molar refractivity (Wildman–Crippen MR) is 106 cm³/mol. The molecule has 0 saturated carbocycles. The third kappa shape index (κ3) is 3.73. The highest BCUT2D eigenvalue weighted by molar-refractivity contribution is 5.24. The van der Waals surface area contributed by atoms with Crippen LogP contribution in [0.3, 0.4) is 0 Å². The molecule has 0 unspecified atom stereocenters. The highest BCUT2D eigenvalue weighted by Gasteiger charge is 2.46. The van der Waals surface area contributed by atoms with E-state index in [1.54, 1.807) is 0 Å². The first-order chi connectivity index (χ1) is 13.9. The predicted octanol–water partition coefficient (Wildman–Crippen LogP) is 3.03. The summed E-state index contributed by atoms with van der Waals surface area (Å²) in [5.74, 6) is 2.12. The van der Waals surface area contributed by atoms with Gasteiger partial charge in [-0.2, -0.15) is 4.98 Å². The monoisotopic (exact) mass is 382 g/mol. The van der Waals surface area contributed by atoms with Gasteiger partial charge in [-0.25, -0.2) is 0 Å². The minimum absolute atomic E-state index is 0.393. The molecule has 4 heterocycles. The number of morpholine rings is 1. The summed E-state index contributed by atoms with van der Waals surface area (Å²) >= 11 is 0. The van der Waals surface area contributed by atoms with Crippen LogP contribution in [0.2, 0.25) is 0 Å². The van der Waals surface area contributed by atoms with Gasteiger partial charge in [-0.15, -0.1) is 0 Å². The fraction of sp³-hybridized carbons (Fsp3) is 0.636. The highest BCUT2D eigenvalue weighted by atomic mass is 16.5. The molecular formula is C22H30N4O2. The van der Waals surface area contributed by atoms with Gasteiger partial charge in [0.15, 0.2) is 5.82 Å². The quantitative estimate of drug-likeness (QED) is 0.765. The fourth-order valence-corrected chi connectivity index (χ4v) is 5.25. The molecule has 28 heavy (non-hydrogen) atoms. The second kappa shape index (κ2) is 8.31. The number of fused-ring (bicyclic) bond motifs is 1. The first-order valence-electron chi connectivity index (χ1n) is 10.8. The molecule has 3 saturated heterocycles. The van der Waals surface area contributed by atoms with Gasteiger partial charge >= 0.3 is 0 Å². The maximum Gasteiger partial charge on any atom is 0.226 e. The molecule has 6 heteroatoms. The van der Waals surface area contributed by atoms with Crippen molar-refractivity contribution in [2.75, 3.05) is 39.4 Å². The molecule has 1 aromatic carbocycles. The Balaban J connectivity index is 1.22. The smallest absolute Gasteiger partial charge is 0.226 e. The van der Waals surface area contributed by atoms with Crippen molar-refractivity contribution in [2.24, 2.45) is 0 Å². The van der Waals surface area contributed by atoms with Crippen LogP contribution in [-0.2, 0) is 11.2 Å². The lowest BCUT2D eigenvalue weighted by atomic mass is 9.94. The molecule has 0 spiro atoms. The normalized spacial score (nSPS) is 28.6. The summed E-state index contributed by atoms with van der Waals surface area (Å²) < 4.78 is 11.0. The zero-order valence-corrected chi connectivity index (χ0v) is 16.5. The molecular weight excluding hydrogens is 352 g/mol. The van der Waals surface area contributed by atoms with Crippen LogP contribution in [0.15, 0.2) is 34.9 Å². The Morgan fingerprint density at radius 1 is 1.07 bits per heavy atom. The SMILES string of the molecule is c1ccc([C@@H]2C[C@H](c3noc(CCCN4CCOCC4)n3)[C@H]3CCCN32)cc1. The van der Waals surface area contributed by atoms with Crippen LogP contribution in [-0.4, -0.2) is 65.4 Å². The first-order valence-corrected chi connectivity index (χ1v) is 10.8. The molecule has 0 radical (unpaired) electrons. The van der Waals surface area contributed by atoms with E-state index in [4.69, 9.17) is 14.2 Å². The summed E-state index contributed by atoms with van der Waals surface area (Å²) in [4.78, 5) is 9.95. The molecule has 3 atom stereocenters. The summed E-state index contributed by atoms with van der Waals surface area (Å²) in [6, 6.07) is 12.0. The molecule has 2 aromatic rings. The summed E-state index contributed by atoms with van der Waals surface area (Å²) in [7, 11) is 0. The Labute approximate surface area is 166 Å². The van der Waals surface area contributed by atoms with Crippen LogP contribution in [0.25, 0.3) is 0 Å². The number of benzene rings is 1. The van der Waals surface area contributed by atoms with Gasteiger partial charge in [-0.05, 0) is 44.3 Å². The van der Waals surface area contributed by atoms with E-state index in [2.05, 4.69) is 45.3 Å². The zero-order valence-electron chi connectivity index (χ0n) is 16.5. The Morgan fingerprint density at radius 3 is 2.79 bits per heavy atom. The van der Waals surface area contributed by atoms with E-state index in [1.807, 2.05) is 0 Å². The van der Waals surface area contributed by atoms with Crippen molar-refractivity contribution in [1.29, 1.82) is 0 Å². The number of aryl methyl sites for hydroxylation is 1. The van der Waals surface area contributed by atoms with Crippen molar-refractivity contribution < 1.29 is 9.26 Å². The summed E-state index contributed by atoms with van der Waals surface area (Å²) in [6.07, 6.45) is 5.55. The second-order valence-electron chi connectivity index (χ2n) is 8.32. The molecule has 0 bridgehead atoms. The Hall–Kier alpha value is -1.76.